The summed E-state index contributed by atoms with van der Waals surface area (Å²) in [5, 5.41) is 19.1. The van der Waals surface area contributed by atoms with Crippen molar-refractivity contribution in [1.82, 2.24) is 19.9 Å². The van der Waals surface area contributed by atoms with Crippen LogP contribution >= 0.6 is 15.9 Å². The molecule has 1 saturated heterocycles. The molecule has 0 bridgehead atoms. The summed E-state index contributed by atoms with van der Waals surface area (Å²) in [4.78, 5) is 16.3. The van der Waals surface area contributed by atoms with Gasteiger partial charge in [-0.3, -0.25) is 10.1 Å². The number of nitro groups is 1. The largest absolute Gasteiger partial charge is 0.487 e. The average molecular weight is 437 g/mol. The second-order valence-corrected chi connectivity index (χ2v) is 7.68. The second kappa shape index (κ2) is 6.80. The van der Waals surface area contributed by atoms with Crippen LogP contribution in [-0.2, 0) is 17.9 Å². The molecule has 27 heavy (non-hydrogen) atoms. The van der Waals surface area contributed by atoms with Gasteiger partial charge in [0.25, 0.3) is 6.02 Å². The average Bonchev–Trinajstić information content (AvgIpc) is 3.28. The fourth-order valence-electron chi connectivity index (χ4n) is 3.11. The lowest BCUT2D eigenvalue weighted by molar-refractivity contribution is -0.518. The number of aliphatic imine (C=N–C) groups is 1. The van der Waals surface area contributed by atoms with E-state index in [1.807, 2.05) is 31.2 Å². The fourth-order valence-corrected chi connectivity index (χ4v) is 3.38. The molecule has 11 heteroatoms. The molecule has 10 nitrogen and oxygen atoms in total. The minimum Gasteiger partial charge on any atom is -0.487 e. The van der Waals surface area contributed by atoms with Gasteiger partial charge in [-0.05, 0) is 31.2 Å². The number of aromatic nitrogens is 3. The molecule has 0 saturated carbocycles. The number of rotatable bonds is 6. The summed E-state index contributed by atoms with van der Waals surface area (Å²) in [5.74, 6) is 0.748. The monoisotopic (exact) mass is 436 g/mol. The zero-order valence-corrected chi connectivity index (χ0v) is 16.1. The van der Waals surface area contributed by atoms with Crippen LogP contribution in [0.1, 0.15) is 12.6 Å². The molecule has 2 aromatic rings. The molecule has 0 amide bonds. The van der Waals surface area contributed by atoms with Crippen molar-refractivity contribution in [3.63, 3.8) is 0 Å². The van der Waals surface area contributed by atoms with Crippen LogP contribution < -0.4 is 4.74 Å². The first-order valence-electron chi connectivity index (χ1n) is 8.33. The number of nitrogens with zero attached hydrogens (tertiary/aromatic N) is 6. The van der Waals surface area contributed by atoms with Crippen LogP contribution in [-0.4, -0.2) is 55.7 Å². The molecule has 3 heterocycles. The van der Waals surface area contributed by atoms with E-state index in [1.165, 1.54) is 0 Å². The van der Waals surface area contributed by atoms with Gasteiger partial charge in [0.05, 0.1) is 19.3 Å². The van der Waals surface area contributed by atoms with E-state index in [9.17, 15) is 10.1 Å². The molecular weight excluding hydrogens is 420 g/mol. The van der Waals surface area contributed by atoms with Crippen LogP contribution in [0.25, 0.3) is 0 Å². The first-order chi connectivity index (χ1) is 12.9. The van der Waals surface area contributed by atoms with Crippen LogP contribution in [0.15, 0.2) is 39.9 Å². The maximum Gasteiger partial charge on any atom is 0.325 e. The highest BCUT2D eigenvalue weighted by atomic mass is 79.9. The van der Waals surface area contributed by atoms with Gasteiger partial charge in [-0.15, -0.1) is 5.10 Å². The summed E-state index contributed by atoms with van der Waals surface area (Å²) in [5.41, 5.74) is 0.128. The lowest BCUT2D eigenvalue weighted by atomic mass is 10.1. The third kappa shape index (κ3) is 3.87. The van der Waals surface area contributed by atoms with Gasteiger partial charge in [0.15, 0.2) is 0 Å². The van der Waals surface area contributed by atoms with Crippen molar-refractivity contribution in [2.75, 3.05) is 13.1 Å². The highest BCUT2D eigenvalue weighted by molar-refractivity contribution is 9.10. The van der Waals surface area contributed by atoms with Crippen molar-refractivity contribution in [3.8, 4) is 5.75 Å². The lowest BCUT2D eigenvalue weighted by Crippen LogP contribution is -2.38. The van der Waals surface area contributed by atoms with Gasteiger partial charge in [-0.2, -0.15) is 4.99 Å². The number of fused-ring (bicyclic) bond motifs is 1. The van der Waals surface area contributed by atoms with Gasteiger partial charge in [0.2, 0.25) is 0 Å². The molecule has 142 valence electrons. The van der Waals surface area contributed by atoms with E-state index in [4.69, 9.17) is 9.47 Å². The number of benzene rings is 1. The van der Waals surface area contributed by atoms with Crippen LogP contribution in [0.2, 0.25) is 0 Å². The Morgan fingerprint density at radius 2 is 2.22 bits per heavy atom. The zero-order valence-electron chi connectivity index (χ0n) is 14.5. The first kappa shape index (κ1) is 17.7. The Morgan fingerprint density at radius 1 is 1.44 bits per heavy atom. The molecule has 4 rings (SSSR count). The summed E-state index contributed by atoms with van der Waals surface area (Å²) < 4.78 is 14.2. The van der Waals surface area contributed by atoms with E-state index in [2.05, 4.69) is 31.2 Å². The van der Waals surface area contributed by atoms with Crippen LogP contribution in [0.4, 0.5) is 0 Å². The molecule has 1 aromatic heterocycles. The normalized spacial score (nSPS) is 23.7. The smallest absolute Gasteiger partial charge is 0.325 e. The Hall–Kier alpha value is -2.69. The predicted octanol–water partition coefficient (Wildman–Crippen LogP) is 1.68. The van der Waals surface area contributed by atoms with E-state index in [1.54, 1.807) is 15.8 Å². The molecule has 1 aromatic carbocycles. The van der Waals surface area contributed by atoms with Crippen molar-refractivity contribution >= 4 is 22.0 Å². The summed E-state index contributed by atoms with van der Waals surface area (Å²) in [6, 6.07) is 7.88. The standard InChI is InChI=1S/C16H17BrN6O4/c1-16(9-21-7-14(23(24)25)18-15(21)27-16)10-22-6-12(19-20-22)8-26-13-4-2-11(17)3-5-13/h2-6,14H,7-10H2,1H3/t14?,16-/m1/s1. The maximum atomic E-state index is 10.8. The van der Waals surface area contributed by atoms with Gasteiger partial charge in [0, 0.05) is 9.40 Å². The summed E-state index contributed by atoms with van der Waals surface area (Å²) in [6.07, 6.45) is 0.858. The highest BCUT2D eigenvalue weighted by Crippen LogP contribution is 2.28. The minimum atomic E-state index is -0.946. The minimum absolute atomic E-state index is 0.238. The summed E-state index contributed by atoms with van der Waals surface area (Å²) >= 11 is 3.38. The molecule has 0 N–H and O–H groups in total. The van der Waals surface area contributed by atoms with E-state index < -0.39 is 16.7 Å². The molecular formula is C16H17BrN6O4. The molecule has 2 aliphatic heterocycles. The summed E-state index contributed by atoms with van der Waals surface area (Å²) in [7, 11) is 0. The SMILES string of the molecule is C[C@]1(Cn2cc(COc3ccc(Br)cc3)nn2)CN2CC([N+](=O)[O-])N=C2O1. The van der Waals surface area contributed by atoms with Gasteiger partial charge in [-0.25, -0.2) is 4.68 Å². The van der Waals surface area contributed by atoms with E-state index in [-0.39, 0.29) is 6.54 Å². The Balaban J connectivity index is 1.35. The van der Waals surface area contributed by atoms with E-state index in [0.29, 0.717) is 31.4 Å². The number of amidine groups is 1. The Morgan fingerprint density at radius 3 is 2.93 bits per heavy atom. The van der Waals surface area contributed by atoms with E-state index >= 15 is 0 Å². The van der Waals surface area contributed by atoms with E-state index in [0.717, 1.165) is 10.2 Å². The molecule has 1 unspecified atom stereocenters. The van der Waals surface area contributed by atoms with Crippen molar-refractivity contribution in [2.45, 2.75) is 31.8 Å². The van der Waals surface area contributed by atoms with Crippen molar-refractivity contribution in [1.29, 1.82) is 0 Å². The topological polar surface area (TPSA) is 108 Å². The zero-order chi connectivity index (χ0) is 19.0. The molecule has 1 fully saturated rings. The Kier molecular flexibility index (Phi) is 4.46. The molecule has 0 aliphatic carbocycles. The lowest BCUT2D eigenvalue weighted by Gasteiger charge is -2.22. The number of hydrogen-bond acceptors (Lipinski definition) is 8. The number of halogens is 1. The van der Waals surface area contributed by atoms with Crippen LogP contribution in [0, 0.1) is 10.1 Å². The molecule has 2 aliphatic rings. The third-order valence-corrected chi connectivity index (χ3v) is 4.83. The predicted molar refractivity (Wildman–Crippen MR) is 97.8 cm³/mol. The van der Waals surface area contributed by atoms with Crippen LogP contribution in [0.5, 0.6) is 5.75 Å². The summed E-state index contributed by atoms with van der Waals surface area (Å²) in [6.45, 7) is 3.44. The fraction of sp³-hybridized carbons (Fsp3) is 0.438. The number of ether oxygens (including phenoxy) is 2. The Bertz CT molecular complexity index is 885. The number of hydrogen-bond donors (Lipinski definition) is 0. The van der Waals surface area contributed by atoms with Crippen molar-refractivity contribution < 1.29 is 14.4 Å². The first-order valence-corrected chi connectivity index (χ1v) is 9.12. The Labute approximate surface area is 163 Å². The van der Waals surface area contributed by atoms with Crippen molar-refractivity contribution in [2.24, 2.45) is 4.99 Å². The van der Waals surface area contributed by atoms with Gasteiger partial charge in [0.1, 0.15) is 30.2 Å². The van der Waals surface area contributed by atoms with Crippen LogP contribution in [0.3, 0.4) is 0 Å². The highest BCUT2D eigenvalue weighted by Gasteiger charge is 2.47. The van der Waals surface area contributed by atoms with Gasteiger partial charge in [-0.1, -0.05) is 21.1 Å². The third-order valence-electron chi connectivity index (χ3n) is 4.30. The second-order valence-electron chi connectivity index (χ2n) is 6.76. The van der Waals surface area contributed by atoms with Gasteiger partial charge >= 0.3 is 6.17 Å². The quantitative estimate of drug-likeness (QED) is 0.500. The molecule has 2 atom stereocenters. The molecule has 0 spiro atoms. The molecule has 0 radical (unpaired) electrons. The van der Waals surface area contributed by atoms with Gasteiger partial charge < -0.3 is 14.4 Å². The maximum absolute atomic E-state index is 10.8. The van der Waals surface area contributed by atoms with Crippen molar-refractivity contribution in [3.05, 3.63) is 50.7 Å².